The highest BCUT2D eigenvalue weighted by molar-refractivity contribution is 7.89. The van der Waals surface area contributed by atoms with E-state index < -0.39 is 16.0 Å². The highest BCUT2D eigenvalue weighted by atomic mass is 32.2. The van der Waals surface area contributed by atoms with Crippen molar-refractivity contribution in [3.8, 4) is 0 Å². The van der Waals surface area contributed by atoms with Crippen LogP contribution in [0, 0.1) is 13.8 Å². The number of aromatic amines is 1. The van der Waals surface area contributed by atoms with Crippen LogP contribution in [-0.2, 0) is 21.3 Å². The van der Waals surface area contributed by atoms with Crippen LogP contribution in [0.3, 0.4) is 0 Å². The molecule has 2 aromatic heterocycles. The fraction of sp³-hybridized carbons (Fsp3) is 0.550. The Bertz CT molecular complexity index is 941. The summed E-state index contributed by atoms with van der Waals surface area (Å²) >= 11 is 0. The van der Waals surface area contributed by atoms with E-state index in [0.29, 0.717) is 30.0 Å². The Morgan fingerprint density at radius 1 is 1.31 bits per heavy atom. The van der Waals surface area contributed by atoms with Crippen LogP contribution >= 0.6 is 0 Å². The van der Waals surface area contributed by atoms with Gasteiger partial charge in [-0.15, -0.1) is 0 Å². The maximum Gasteiger partial charge on any atom is 0.341 e. The summed E-state index contributed by atoms with van der Waals surface area (Å²) in [4.78, 5) is 17.7. The largest absolute Gasteiger partial charge is 0.468 e. The second kappa shape index (κ2) is 8.73. The number of nitrogens with one attached hydrogen (secondary N) is 1. The summed E-state index contributed by atoms with van der Waals surface area (Å²) in [6, 6.07) is 3.33. The first-order chi connectivity index (χ1) is 13.8. The summed E-state index contributed by atoms with van der Waals surface area (Å²) in [5.74, 6) is -0.0654. The van der Waals surface area contributed by atoms with Crippen LogP contribution in [0.1, 0.15) is 47.3 Å². The van der Waals surface area contributed by atoms with Crippen LogP contribution < -0.4 is 0 Å². The lowest BCUT2D eigenvalue weighted by molar-refractivity contribution is 0.0521. The summed E-state index contributed by atoms with van der Waals surface area (Å²) < 4.78 is 39.8. The molecule has 1 N–H and O–H groups in total. The first kappa shape index (κ1) is 21.6. The quantitative estimate of drug-likeness (QED) is 0.688. The molecule has 160 valence electrons. The Kier molecular flexibility index (Phi) is 6.50. The molecule has 1 aliphatic rings. The molecule has 1 fully saturated rings. The number of carbonyl (C=O) groups excluding carboxylic acids is 1. The van der Waals surface area contributed by atoms with Crippen molar-refractivity contribution in [1.82, 2.24) is 14.2 Å². The van der Waals surface area contributed by atoms with E-state index >= 15 is 0 Å². The van der Waals surface area contributed by atoms with Crippen LogP contribution in [0.4, 0.5) is 0 Å². The predicted molar refractivity (Wildman–Crippen MR) is 108 cm³/mol. The minimum absolute atomic E-state index is 0.000987. The van der Waals surface area contributed by atoms with Crippen LogP contribution in [0.15, 0.2) is 27.7 Å². The van der Waals surface area contributed by atoms with Crippen molar-refractivity contribution in [3.05, 3.63) is 41.1 Å². The number of esters is 1. The fourth-order valence-corrected chi connectivity index (χ4v) is 5.96. The van der Waals surface area contributed by atoms with E-state index in [2.05, 4.69) is 9.88 Å². The molecule has 1 saturated heterocycles. The van der Waals surface area contributed by atoms with Crippen molar-refractivity contribution >= 4 is 16.0 Å². The number of rotatable bonds is 7. The van der Waals surface area contributed by atoms with Crippen LogP contribution in [0.2, 0.25) is 0 Å². The number of piperidine rings is 1. The van der Waals surface area contributed by atoms with E-state index in [1.807, 2.05) is 7.05 Å². The Labute approximate surface area is 171 Å². The summed E-state index contributed by atoms with van der Waals surface area (Å²) in [7, 11) is -1.95. The molecule has 1 aliphatic heterocycles. The van der Waals surface area contributed by atoms with E-state index in [-0.39, 0.29) is 29.7 Å². The molecule has 8 nitrogen and oxygen atoms in total. The molecule has 9 heteroatoms. The van der Waals surface area contributed by atoms with Crippen molar-refractivity contribution in [2.24, 2.45) is 0 Å². The first-order valence-corrected chi connectivity index (χ1v) is 11.3. The number of sulfonamides is 1. The van der Waals surface area contributed by atoms with Gasteiger partial charge in [0.25, 0.3) is 0 Å². The lowest BCUT2D eigenvalue weighted by Crippen LogP contribution is -2.46. The maximum absolute atomic E-state index is 13.8. The number of aromatic nitrogens is 1. The van der Waals surface area contributed by atoms with Gasteiger partial charge in [0.2, 0.25) is 10.0 Å². The minimum Gasteiger partial charge on any atom is -0.468 e. The van der Waals surface area contributed by atoms with Crippen molar-refractivity contribution in [1.29, 1.82) is 0 Å². The van der Waals surface area contributed by atoms with Gasteiger partial charge in [0.05, 0.1) is 19.4 Å². The molecule has 29 heavy (non-hydrogen) atoms. The molecule has 2 aromatic rings. The van der Waals surface area contributed by atoms with Gasteiger partial charge in [0.1, 0.15) is 16.2 Å². The van der Waals surface area contributed by atoms with E-state index in [4.69, 9.17) is 9.15 Å². The van der Waals surface area contributed by atoms with Gasteiger partial charge in [0.15, 0.2) is 0 Å². The molecule has 0 amide bonds. The fourth-order valence-electron chi connectivity index (χ4n) is 3.90. The average Bonchev–Trinajstić information content (AvgIpc) is 3.28. The number of aryl methyl sites for hydroxylation is 2. The normalized spacial score (nSPS) is 16.4. The van der Waals surface area contributed by atoms with Crippen LogP contribution in [0.5, 0.6) is 0 Å². The van der Waals surface area contributed by atoms with E-state index in [9.17, 15) is 13.2 Å². The smallest absolute Gasteiger partial charge is 0.341 e. The number of ether oxygens (including phenoxy) is 1. The zero-order chi connectivity index (χ0) is 21.2. The summed E-state index contributed by atoms with van der Waals surface area (Å²) in [6.07, 6.45) is 2.96. The summed E-state index contributed by atoms with van der Waals surface area (Å²) in [6.45, 7) is 6.97. The Morgan fingerprint density at radius 2 is 2.00 bits per heavy atom. The zero-order valence-corrected chi connectivity index (χ0v) is 18.2. The topological polar surface area (TPSA) is 95.8 Å². The predicted octanol–water partition coefficient (Wildman–Crippen LogP) is 2.69. The Morgan fingerprint density at radius 3 is 2.59 bits per heavy atom. The van der Waals surface area contributed by atoms with Crippen LogP contribution in [0.25, 0.3) is 0 Å². The molecule has 0 radical (unpaired) electrons. The van der Waals surface area contributed by atoms with Crippen molar-refractivity contribution in [3.63, 3.8) is 0 Å². The zero-order valence-electron chi connectivity index (χ0n) is 17.4. The lowest BCUT2D eigenvalue weighted by atomic mass is 10.1. The minimum atomic E-state index is -3.98. The van der Waals surface area contributed by atoms with Gasteiger partial charge in [-0.05, 0) is 65.9 Å². The summed E-state index contributed by atoms with van der Waals surface area (Å²) in [5.41, 5.74) is 1.01. The van der Waals surface area contributed by atoms with Crippen molar-refractivity contribution in [2.45, 2.75) is 51.1 Å². The Hall–Kier alpha value is -2.10. The SMILES string of the molecule is CCOC(=O)c1c(C)[nH]c(C)c1S(=O)(=O)N(Cc1ccco1)C1CCN(C)CC1. The van der Waals surface area contributed by atoms with E-state index in [1.165, 1.54) is 10.6 Å². The molecule has 0 atom stereocenters. The van der Waals surface area contributed by atoms with Crippen molar-refractivity contribution in [2.75, 3.05) is 26.7 Å². The van der Waals surface area contributed by atoms with Gasteiger partial charge in [-0.3, -0.25) is 0 Å². The number of nitrogens with zero attached hydrogens (tertiary/aromatic N) is 2. The molecule has 3 rings (SSSR count). The molecular weight excluding hydrogens is 394 g/mol. The number of hydrogen-bond acceptors (Lipinski definition) is 6. The highest BCUT2D eigenvalue weighted by Crippen LogP contribution is 2.32. The van der Waals surface area contributed by atoms with E-state index in [0.717, 1.165) is 13.1 Å². The molecule has 0 aliphatic carbocycles. The molecule has 0 unspecified atom stereocenters. The Balaban J connectivity index is 2.06. The third-order valence-corrected chi connectivity index (χ3v) is 7.42. The molecule has 3 heterocycles. The second-order valence-electron chi connectivity index (χ2n) is 7.46. The van der Waals surface area contributed by atoms with Crippen LogP contribution in [-0.4, -0.2) is 61.4 Å². The average molecular weight is 424 g/mol. The highest BCUT2D eigenvalue weighted by Gasteiger charge is 2.39. The molecule has 0 bridgehead atoms. The number of hydrogen-bond donors (Lipinski definition) is 1. The standard InChI is InChI=1S/C20H29N3O5S/c1-5-27-20(24)18-14(2)21-15(3)19(18)29(25,26)23(13-17-7-6-12-28-17)16-8-10-22(4)11-9-16/h6-7,12,16,21H,5,8-11,13H2,1-4H3. The molecule has 0 aromatic carbocycles. The third kappa shape index (κ3) is 4.41. The molecular formula is C20H29N3O5S. The monoisotopic (exact) mass is 423 g/mol. The molecule has 0 saturated carbocycles. The third-order valence-electron chi connectivity index (χ3n) is 5.35. The van der Waals surface area contributed by atoms with Gasteiger partial charge >= 0.3 is 5.97 Å². The van der Waals surface area contributed by atoms with Gasteiger partial charge in [-0.1, -0.05) is 0 Å². The van der Waals surface area contributed by atoms with Gasteiger partial charge in [-0.2, -0.15) is 4.31 Å². The van der Waals surface area contributed by atoms with Crippen molar-refractivity contribution < 1.29 is 22.4 Å². The number of carbonyl (C=O) groups is 1. The first-order valence-electron chi connectivity index (χ1n) is 9.84. The van der Waals surface area contributed by atoms with Gasteiger partial charge in [-0.25, -0.2) is 13.2 Å². The summed E-state index contributed by atoms with van der Waals surface area (Å²) in [5, 5.41) is 0. The number of furan rings is 1. The molecule has 0 spiro atoms. The lowest BCUT2D eigenvalue weighted by Gasteiger charge is -2.36. The second-order valence-corrected chi connectivity index (χ2v) is 9.29. The van der Waals surface area contributed by atoms with E-state index in [1.54, 1.807) is 32.9 Å². The van der Waals surface area contributed by atoms with Gasteiger partial charge in [0, 0.05) is 17.4 Å². The number of H-pyrrole nitrogens is 1. The number of likely N-dealkylation sites (tertiary alicyclic amines) is 1. The maximum atomic E-state index is 13.8. The van der Waals surface area contributed by atoms with Gasteiger partial charge < -0.3 is 19.0 Å².